The number of nitrogens with one attached hydrogen (secondary N) is 1. The average Bonchev–Trinajstić information content (AvgIpc) is 2.70. The van der Waals surface area contributed by atoms with Crippen LogP contribution in [0.3, 0.4) is 0 Å². The zero-order chi connectivity index (χ0) is 19.2. The van der Waals surface area contributed by atoms with Gasteiger partial charge < -0.3 is 10.2 Å². The van der Waals surface area contributed by atoms with Gasteiger partial charge in [-0.15, -0.1) is 0 Å². The summed E-state index contributed by atoms with van der Waals surface area (Å²) in [6.45, 7) is 4.75. The molecule has 27 heavy (non-hydrogen) atoms. The van der Waals surface area contributed by atoms with E-state index in [-0.39, 0.29) is 5.91 Å². The van der Waals surface area contributed by atoms with Crippen LogP contribution in [0.15, 0.2) is 55.1 Å². The number of rotatable bonds is 6. The summed E-state index contributed by atoms with van der Waals surface area (Å²) in [4.78, 5) is 26.7. The first-order valence-electron chi connectivity index (χ1n) is 8.83. The summed E-state index contributed by atoms with van der Waals surface area (Å²) >= 11 is 0. The van der Waals surface area contributed by atoms with Gasteiger partial charge in [0, 0.05) is 44.1 Å². The molecular formula is C21H23N5O. The molecule has 0 radical (unpaired) electrons. The lowest BCUT2D eigenvalue weighted by Gasteiger charge is -2.17. The summed E-state index contributed by atoms with van der Waals surface area (Å²) in [7, 11) is 1.78. The fraction of sp³-hybridized carbons (Fsp3) is 0.238. The van der Waals surface area contributed by atoms with E-state index in [1.54, 1.807) is 36.7 Å². The zero-order valence-electron chi connectivity index (χ0n) is 15.8. The number of likely N-dealkylation sites (N-methyl/N-ethyl adjacent to an activating group) is 1. The smallest absolute Gasteiger partial charge is 0.256 e. The molecule has 0 atom stereocenters. The Morgan fingerprint density at radius 2 is 1.74 bits per heavy atom. The largest absolute Gasteiger partial charge is 0.341 e. The molecule has 3 rings (SSSR count). The lowest BCUT2D eigenvalue weighted by atomic mass is 10.1. The van der Waals surface area contributed by atoms with Crippen molar-refractivity contribution >= 4 is 17.5 Å². The van der Waals surface area contributed by atoms with Gasteiger partial charge in [0.1, 0.15) is 0 Å². The highest BCUT2D eigenvalue weighted by Gasteiger charge is 2.13. The maximum atomic E-state index is 12.5. The van der Waals surface area contributed by atoms with Crippen LogP contribution in [0, 0.1) is 13.8 Å². The topological polar surface area (TPSA) is 71.0 Å². The quantitative estimate of drug-likeness (QED) is 0.727. The van der Waals surface area contributed by atoms with Crippen molar-refractivity contribution in [3.63, 3.8) is 0 Å². The molecule has 0 saturated heterocycles. The number of anilines is 2. The van der Waals surface area contributed by atoms with Crippen molar-refractivity contribution in [2.45, 2.75) is 20.3 Å². The lowest BCUT2D eigenvalue weighted by molar-refractivity contribution is 0.0796. The zero-order valence-corrected chi connectivity index (χ0v) is 15.8. The van der Waals surface area contributed by atoms with Crippen molar-refractivity contribution < 1.29 is 4.79 Å². The van der Waals surface area contributed by atoms with Crippen LogP contribution >= 0.6 is 0 Å². The van der Waals surface area contributed by atoms with Gasteiger partial charge in [-0.05, 0) is 61.2 Å². The normalized spacial score (nSPS) is 10.5. The van der Waals surface area contributed by atoms with Gasteiger partial charge in [0.15, 0.2) is 0 Å². The number of aromatic nitrogens is 3. The van der Waals surface area contributed by atoms with Crippen LogP contribution in [-0.2, 0) is 6.42 Å². The molecule has 1 aromatic carbocycles. The molecule has 0 aliphatic carbocycles. The Balaban J connectivity index is 1.60. The van der Waals surface area contributed by atoms with Gasteiger partial charge in [0.05, 0.1) is 5.56 Å². The molecule has 2 aromatic heterocycles. The Labute approximate surface area is 159 Å². The molecule has 6 nitrogen and oxygen atoms in total. The van der Waals surface area contributed by atoms with E-state index in [1.807, 2.05) is 30.3 Å². The van der Waals surface area contributed by atoms with Crippen LogP contribution in [0.4, 0.5) is 11.6 Å². The minimum absolute atomic E-state index is 0.0956. The van der Waals surface area contributed by atoms with Gasteiger partial charge in [0.25, 0.3) is 5.91 Å². The van der Waals surface area contributed by atoms with E-state index in [2.05, 4.69) is 34.1 Å². The van der Waals surface area contributed by atoms with E-state index in [4.69, 9.17) is 0 Å². The molecule has 0 aliphatic heterocycles. The molecule has 1 amide bonds. The lowest BCUT2D eigenvalue weighted by Crippen LogP contribution is -2.29. The fourth-order valence-electron chi connectivity index (χ4n) is 2.62. The molecule has 6 heteroatoms. The highest BCUT2D eigenvalue weighted by atomic mass is 16.2. The Kier molecular flexibility index (Phi) is 5.76. The van der Waals surface area contributed by atoms with Crippen LogP contribution < -0.4 is 5.32 Å². The highest BCUT2D eigenvalue weighted by molar-refractivity contribution is 5.93. The maximum Gasteiger partial charge on any atom is 0.256 e. The molecule has 138 valence electrons. The highest BCUT2D eigenvalue weighted by Crippen LogP contribution is 2.17. The molecule has 0 fully saturated rings. The van der Waals surface area contributed by atoms with Gasteiger partial charge >= 0.3 is 0 Å². The van der Waals surface area contributed by atoms with E-state index in [1.165, 1.54) is 11.1 Å². The summed E-state index contributed by atoms with van der Waals surface area (Å²) in [5.41, 5.74) is 4.97. The first-order chi connectivity index (χ1) is 13.0. The Hall–Kier alpha value is -3.28. The average molecular weight is 361 g/mol. The summed E-state index contributed by atoms with van der Waals surface area (Å²) in [5, 5.41) is 3.16. The number of carbonyl (C=O) groups is 1. The number of pyridine rings is 1. The number of aryl methyl sites for hydroxylation is 2. The Morgan fingerprint density at radius 3 is 2.41 bits per heavy atom. The summed E-state index contributed by atoms with van der Waals surface area (Å²) in [6, 6.07) is 9.99. The van der Waals surface area contributed by atoms with Crippen molar-refractivity contribution in [3.05, 3.63) is 77.4 Å². The van der Waals surface area contributed by atoms with Gasteiger partial charge in [-0.2, -0.15) is 0 Å². The van der Waals surface area contributed by atoms with Crippen LogP contribution in [0.2, 0.25) is 0 Å². The van der Waals surface area contributed by atoms with Crippen molar-refractivity contribution in [2.75, 3.05) is 18.9 Å². The minimum Gasteiger partial charge on any atom is -0.341 e. The van der Waals surface area contributed by atoms with E-state index >= 15 is 0 Å². The number of carbonyl (C=O) groups excluding carboxylic acids is 1. The predicted octanol–water partition coefficient (Wildman–Crippen LogP) is 3.55. The third-order valence-corrected chi connectivity index (χ3v) is 4.49. The molecule has 0 saturated carbocycles. The molecule has 2 heterocycles. The molecule has 1 N–H and O–H groups in total. The monoisotopic (exact) mass is 361 g/mol. The predicted molar refractivity (Wildman–Crippen MR) is 106 cm³/mol. The minimum atomic E-state index is -0.0956. The summed E-state index contributed by atoms with van der Waals surface area (Å²) in [5.74, 6) is 0.371. The Morgan fingerprint density at radius 1 is 1.04 bits per heavy atom. The SMILES string of the molecule is Cc1ccc(Nc2ncc(C(=O)N(C)CCc3ccncc3)cn2)cc1C. The van der Waals surface area contributed by atoms with E-state index in [0.29, 0.717) is 18.1 Å². The van der Waals surface area contributed by atoms with Gasteiger partial charge in [-0.1, -0.05) is 6.07 Å². The number of nitrogens with zero attached hydrogens (tertiary/aromatic N) is 4. The molecule has 0 unspecified atom stereocenters. The first kappa shape index (κ1) is 18.5. The molecule has 3 aromatic rings. The van der Waals surface area contributed by atoms with Crippen molar-refractivity contribution in [1.29, 1.82) is 0 Å². The Bertz CT molecular complexity index is 910. The summed E-state index contributed by atoms with van der Waals surface area (Å²) < 4.78 is 0. The van der Waals surface area contributed by atoms with E-state index < -0.39 is 0 Å². The summed E-state index contributed by atoms with van der Waals surface area (Å²) in [6.07, 6.45) is 7.40. The number of hydrogen-bond donors (Lipinski definition) is 1. The van der Waals surface area contributed by atoms with Crippen LogP contribution in [-0.4, -0.2) is 39.4 Å². The fourth-order valence-corrected chi connectivity index (χ4v) is 2.62. The van der Waals surface area contributed by atoms with Gasteiger partial charge in [0.2, 0.25) is 5.95 Å². The van der Waals surface area contributed by atoms with E-state index in [9.17, 15) is 4.79 Å². The van der Waals surface area contributed by atoms with Crippen LogP contribution in [0.5, 0.6) is 0 Å². The second kappa shape index (κ2) is 8.40. The van der Waals surface area contributed by atoms with Crippen molar-refractivity contribution in [3.8, 4) is 0 Å². The van der Waals surface area contributed by atoms with E-state index in [0.717, 1.165) is 17.7 Å². The standard InChI is InChI=1S/C21H23N5O/c1-15-4-5-19(12-16(15)2)25-21-23-13-18(14-24-21)20(27)26(3)11-8-17-6-9-22-10-7-17/h4-7,9-10,12-14H,8,11H2,1-3H3,(H,23,24,25). The van der Waals surface area contributed by atoms with Crippen LogP contribution in [0.25, 0.3) is 0 Å². The van der Waals surface area contributed by atoms with Gasteiger partial charge in [-0.3, -0.25) is 9.78 Å². The van der Waals surface area contributed by atoms with Crippen LogP contribution in [0.1, 0.15) is 27.0 Å². The molecule has 0 aliphatic rings. The second-order valence-corrected chi connectivity index (χ2v) is 6.55. The number of benzene rings is 1. The molecule has 0 spiro atoms. The number of hydrogen-bond acceptors (Lipinski definition) is 5. The van der Waals surface area contributed by atoms with Crippen molar-refractivity contribution in [1.82, 2.24) is 19.9 Å². The third-order valence-electron chi connectivity index (χ3n) is 4.49. The second-order valence-electron chi connectivity index (χ2n) is 6.55. The molecule has 0 bridgehead atoms. The third kappa shape index (κ3) is 4.88. The molecular weight excluding hydrogens is 338 g/mol. The van der Waals surface area contributed by atoms with Gasteiger partial charge in [-0.25, -0.2) is 9.97 Å². The first-order valence-corrected chi connectivity index (χ1v) is 8.83. The van der Waals surface area contributed by atoms with Crippen molar-refractivity contribution in [2.24, 2.45) is 0 Å². The maximum absolute atomic E-state index is 12.5. The number of amides is 1.